The summed E-state index contributed by atoms with van der Waals surface area (Å²) in [5.74, 6) is -1.33. The first kappa shape index (κ1) is 10.5. The van der Waals surface area contributed by atoms with Gasteiger partial charge in [-0.1, -0.05) is 11.6 Å². The molecule has 0 aliphatic rings. The standard InChI is InChI=1S/C9H8ClNO3/c1-14-5-2-3-6(7(10)4-5)8(12)9(11)13/h2-4H,1H3,(H2,11,13). The summed E-state index contributed by atoms with van der Waals surface area (Å²) in [7, 11) is 1.47. The van der Waals surface area contributed by atoms with Gasteiger partial charge in [0.25, 0.3) is 11.7 Å². The van der Waals surface area contributed by atoms with E-state index in [9.17, 15) is 9.59 Å². The van der Waals surface area contributed by atoms with Crippen molar-refractivity contribution in [3.63, 3.8) is 0 Å². The number of hydrogen-bond donors (Lipinski definition) is 1. The number of benzene rings is 1. The highest BCUT2D eigenvalue weighted by molar-refractivity contribution is 6.46. The Morgan fingerprint density at radius 1 is 1.43 bits per heavy atom. The summed E-state index contributed by atoms with van der Waals surface area (Å²) >= 11 is 5.74. The van der Waals surface area contributed by atoms with E-state index in [-0.39, 0.29) is 10.6 Å². The number of ether oxygens (including phenoxy) is 1. The smallest absolute Gasteiger partial charge is 0.289 e. The van der Waals surface area contributed by atoms with Gasteiger partial charge in [-0.3, -0.25) is 9.59 Å². The molecule has 0 fully saturated rings. The molecule has 0 saturated heterocycles. The zero-order valence-corrected chi connectivity index (χ0v) is 8.17. The molecule has 0 spiro atoms. The van der Waals surface area contributed by atoms with Gasteiger partial charge >= 0.3 is 0 Å². The van der Waals surface area contributed by atoms with Crippen LogP contribution in [0.2, 0.25) is 5.02 Å². The second-order valence-corrected chi connectivity index (χ2v) is 2.95. The number of carbonyl (C=O) groups is 2. The molecule has 0 aliphatic carbocycles. The van der Waals surface area contributed by atoms with Gasteiger partial charge in [-0.05, 0) is 18.2 Å². The van der Waals surface area contributed by atoms with Crippen molar-refractivity contribution in [1.82, 2.24) is 0 Å². The second-order valence-electron chi connectivity index (χ2n) is 2.54. The molecule has 0 radical (unpaired) electrons. The van der Waals surface area contributed by atoms with E-state index in [1.165, 1.54) is 25.3 Å². The van der Waals surface area contributed by atoms with Crippen LogP contribution in [0.25, 0.3) is 0 Å². The fourth-order valence-electron chi connectivity index (χ4n) is 0.940. The SMILES string of the molecule is COc1ccc(C(=O)C(N)=O)c(Cl)c1. The van der Waals surface area contributed by atoms with Gasteiger partial charge in [0.05, 0.1) is 12.1 Å². The number of rotatable bonds is 3. The fourth-order valence-corrected chi connectivity index (χ4v) is 1.20. The molecule has 0 heterocycles. The van der Waals surface area contributed by atoms with Crippen LogP contribution in [0.15, 0.2) is 18.2 Å². The normalized spacial score (nSPS) is 9.57. The average Bonchev–Trinajstić information content (AvgIpc) is 2.16. The third-order valence-electron chi connectivity index (χ3n) is 1.64. The van der Waals surface area contributed by atoms with Gasteiger partial charge < -0.3 is 10.5 Å². The number of nitrogens with two attached hydrogens (primary N) is 1. The highest BCUT2D eigenvalue weighted by Crippen LogP contribution is 2.22. The minimum atomic E-state index is -1.03. The molecule has 5 heteroatoms. The van der Waals surface area contributed by atoms with Gasteiger partial charge in [0.15, 0.2) is 0 Å². The molecule has 0 atom stereocenters. The van der Waals surface area contributed by atoms with Crippen molar-refractivity contribution in [2.45, 2.75) is 0 Å². The van der Waals surface area contributed by atoms with Crippen LogP contribution in [0.5, 0.6) is 5.75 Å². The molecule has 1 aromatic carbocycles. The first-order valence-corrected chi connectivity index (χ1v) is 4.11. The molecule has 0 bridgehead atoms. The number of carbonyl (C=O) groups excluding carboxylic acids is 2. The highest BCUT2D eigenvalue weighted by atomic mass is 35.5. The second kappa shape index (κ2) is 4.11. The summed E-state index contributed by atoms with van der Waals surface area (Å²) < 4.78 is 4.88. The Balaban J connectivity index is 3.12. The van der Waals surface area contributed by atoms with Gasteiger partial charge in [0, 0.05) is 5.56 Å². The molecule has 0 saturated carbocycles. The maximum atomic E-state index is 11.2. The van der Waals surface area contributed by atoms with Crippen molar-refractivity contribution in [2.75, 3.05) is 7.11 Å². The lowest BCUT2D eigenvalue weighted by molar-refractivity contribution is -0.114. The predicted octanol–water partition coefficient (Wildman–Crippen LogP) is 1.02. The molecule has 4 nitrogen and oxygen atoms in total. The average molecular weight is 214 g/mol. The number of halogens is 1. The molecule has 0 aliphatic heterocycles. The Kier molecular flexibility index (Phi) is 3.09. The minimum Gasteiger partial charge on any atom is -0.497 e. The van der Waals surface area contributed by atoms with Crippen LogP contribution in [0.1, 0.15) is 10.4 Å². The van der Waals surface area contributed by atoms with Crippen LogP contribution >= 0.6 is 11.6 Å². The van der Waals surface area contributed by atoms with Crippen LogP contribution in [0, 0.1) is 0 Å². The first-order valence-electron chi connectivity index (χ1n) is 3.74. The third-order valence-corrected chi connectivity index (χ3v) is 1.96. The lowest BCUT2D eigenvalue weighted by Crippen LogP contribution is -2.23. The van der Waals surface area contributed by atoms with Gasteiger partial charge in [-0.2, -0.15) is 0 Å². The van der Waals surface area contributed by atoms with Crippen molar-refractivity contribution >= 4 is 23.3 Å². The Bertz CT molecular complexity index is 390. The van der Waals surface area contributed by atoms with Crippen LogP contribution in [-0.4, -0.2) is 18.8 Å². The maximum Gasteiger partial charge on any atom is 0.289 e. The summed E-state index contributed by atoms with van der Waals surface area (Å²) in [6, 6.07) is 4.37. The topological polar surface area (TPSA) is 69.4 Å². The van der Waals surface area contributed by atoms with Crippen LogP contribution in [-0.2, 0) is 4.79 Å². The molecule has 1 aromatic rings. The van der Waals surface area contributed by atoms with Crippen LogP contribution in [0.3, 0.4) is 0 Å². The van der Waals surface area contributed by atoms with E-state index in [4.69, 9.17) is 22.1 Å². The molecule has 0 unspecified atom stereocenters. The van der Waals surface area contributed by atoms with Crippen molar-refractivity contribution in [3.8, 4) is 5.75 Å². The van der Waals surface area contributed by atoms with Crippen LogP contribution < -0.4 is 10.5 Å². The van der Waals surface area contributed by atoms with E-state index >= 15 is 0 Å². The van der Waals surface area contributed by atoms with E-state index in [2.05, 4.69) is 0 Å². The van der Waals surface area contributed by atoms with Gasteiger partial charge in [-0.25, -0.2) is 0 Å². The van der Waals surface area contributed by atoms with Crippen LogP contribution in [0.4, 0.5) is 0 Å². The van der Waals surface area contributed by atoms with Crippen molar-refractivity contribution in [1.29, 1.82) is 0 Å². The molecule has 0 aromatic heterocycles. The zero-order valence-electron chi connectivity index (χ0n) is 7.41. The largest absolute Gasteiger partial charge is 0.497 e. The number of Topliss-reactive ketones (excluding diaryl/α,β-unsaturated/α-hetero) is 1. The Morgan fingerprint density at radius 3 is 2.50 bits per heavy atom. The summed E-state index contributed by atoms with van der Waals surface area (Å²) in [4.78, 5) is 21.8. The van der Waals surface area contributed by atoms with Crippen molar-refractivity contribution in [2.24, 2.45) is 5.73 Å². The summed E-state index contributed by atoms with van der Waals surface area (Å²) in [6.45, 7) is 0. The predicted molar refractivity (Wildman–Crippen MR) is 51.5 cm³/mol. The lowest BCUT2D eigenvalue weighted by Gasteiger charge is -2.03. The summed E-state index contributed by atoms with van der Waals surface area (Å²) in [5.41, 5.74) is 4.91. The molecular formula is C9H8ClNO3. The zero-order chi connectivity index (χ0) is 10.7. The van der Waals surface area contributed by atoms with Gasteiger partial charge in [-0.15, -0.1) is 0 Å². The quantitative estimate of drug-likeness (QED) is 0.602. The van der Waals surface area contributed by atoms with E-state index in [1.54, 1.807) is 0 Å². The van der Waals surface area contributed by atoms with Gasteiger partial charge in [0.1, 0.15) is 5.75 Å². The molecule has 1 amide bonds. The lowest BCUT2D eigenvalue weighted by atomic mass is 10.1. The maximum absolute atomic E-state index is 11.2. The first-order chi connectivity index (χ1) is 6.56. The number of ketones is 1. The van der Waals surface area contributed by atoms with Crippen molar-refractivity contribution in [3.05, 3.63) is 28.8 Å². The highest BCUT2D eigenvalue weighted by Gasteiger charge is 2.15. The molecular weight excluding hydrogens is 206 g/mol. The molecule has 74 valence electrons. The summed E-state index contributed by atoms with van der Waals surface area (Å²) in [5, 5.41) is 0.146. The molecule has 1 rings (SSSR count). The molecule has 2 N–H and O–H groups in total. The minimum absolute atomic E-state index is 0.0833. The Labute approximate surface area is 85.6 Å². The third kappa shape index (κ3) is 2.03. The number of primary amides is 1. The number of methoxy groups -OCH3 is 1. The van der Waals surface area contributed by atoms with Gasteiger partial charge in [0.2, 0.25) is 0 Å². The molecule has 14 heavy (non-hydrogen) atoms. The number of hydrogen-bond acceptors (Lipinski definition) is 3. The fraction of sp³-hybridized carbons (Fsp3) is 0.111. The van der Waals surface area contributed by atoms with E-state index in [1.807, 2.05) is 0 Å². The van der Waals surface area contributed by atoms with E-state index in [0.29, 0.717) is 5.75 Å². The van der Waals surface area contributed by atoms with Crippen molar-refractivity contribution < 1.29 is 14.3 Å². The van der Waals surface area contributed by atoms with E-state index < -0.39 is 11.7 Å². The summed E-state index contributed by atoms with van der Waals surface area (Å²) in [6.07, 6.45) is 0. The Morgan fingerprint density at radius 2 is 2.07 bits per heavy atom. The Hall–Kier alpha value is -1.55. The monoisotopic (exact) mass is 213 g/mol. The number of amides is 1. The van der Waals surface area contributed by atoms with E-state index in [0.717, 1.165) is 0 Å².